The first kappa shape index (κ1) is 21.1. The Balaban J connectivity index is 1.32. The molecule has 0 radical (unpaired) electrons. The molecule has 1 fully saturated rings. The van der Waals surface area contributed by atoms with Gasteiger partial charge in [-0.3, -0.25) is 4.57 Å². The highest BCUT2D eigenvalue weighted by molar-refractivity contribution is 5.80. The molecule has 1 aliphatic rings. The maximum absolute atomic E-state index is 5.97. The first-order valence-corrected chi connectivity index (χ1v) is 10.9. The van der Waals surface area contributed by atoms with E-state index in [-0.39, 0.29) is 0 Å². The van der Waals surface area contributed by atoms with Gasteiger partial charge < -0.3 is 15.0 Å². The van der Waals surface area contributed by atoms with Crippen LogP contribution in [0.1, 0.15) is 24.5 Å². The summed E-state index contributed by atoms with van der Waals surface area (Å²) in [6.45, 7) is 6.99. The fourth-order valence-electron chi connectivity index (χ4n) is 3.77. The van der Waals surface area contributed by atoms with Gasteiger partial charge in [0.15, 0.2) is 5.96 Å². The summed E-state index contributed by atoms with van der Waals surface area (Å²) in [7, 11) is 0. The van der Waals surface area contributed by atoms with Crippen molar-refractivity contribution in [2.45, 2.75) is 26.5 Å². The van der Waals surface area contributed by atoms with Crippen LogP contribution in [0, 0.1) is 5.92 Å². The van der Waals surface area contributed by atoms with E-state index in [0.29, 0.717) is 19.1 Å². The van der Waals surface area contributed by atoms with Crippen LogP contribution >= 0.6 is 0 Å². The number of nitrogens with zero attached hydrogens (tertiary/aromatic N) is 5. The van der Waals surface area contributed by atoms with Crippen molar-refractivity contribution in [2.75, 3.05) is 26.2 Å². The molecule has 1 N–H and O–H groups in total. The molecule has 0 spiro atoms. The summed E-state index contributed by atoms with van der Waals surface area (Å²) in [6, 6.07) is 14.4. The van der Waals surface area contributed by atoms with Crippen LogP contribution < -0.4 is 5.32 Å². The minimum absolute atomic E-state index is 0.529. The Kier molecular flexibility index (Phi) is 7.28. The van der Waals surface area contributed by atoms with Crippen molar-refractivity contribution in [1.29, 1.82) is 0 Å². The second-order valence-corrected chi connectivity index (χ2v) is 7.76. The summed E-state index contributed by atoms with van der Waals surface area (Å²) >= 11 is 0. The Hall–Kier alpha value is -3.19. The van der Waals surface area contributed by atoms with Crippen molar-refractivity contribution in [3.8, 4) is 5.82 Å². The van der Waals surface area contributed by atoms with Gasteiger partial charge in [0.05, 0.1) is 19.8 Å². The molecule has 0 amide bonds. The fraction of sp³-hybridized carbons (Fsp3) is 0.375. The molecule has 1 saturated heterocycles. The zero-order valence-electron chi connectivity index (χ0n) is 18.0. The maximum atomic E-state index is 5.97. The maximum Gasteiger partial charge on any atom is 0.194 e. The molecule has 0 bridgehead atoms. The third-order valence-corrected chi connectivity index (χ3v) is 5.38. The molecule has 1 aliphatic heterocycles. The lowest BCUT2D eigenvalue weighted by atomic mass is 10.1. The molecule has 162 valence electrons. The minimum Gasteiger partial charge on any atom is -0.376 e. The van der Waals surface area contributed by atoms with Gasteiger partial charge in [-0.2, -0.15) is 0 Å². The molecular weight excluding hydrogens is 388 g/mol. The van der Waals surface area contributed by atoms with Crippen molar-refractivity contribution >= 4 is 5.96 Å². The van der Waals surface area contributed by atoms with Crippen LogP contribution in [0.5, 0.6) is 0 Å². The highest BCUT2D eigenvalue weighted by atomic mass is 16.5. The van der Waals surface area contributed by atoms with Gasteiger partial charge in [-0.05, 0) is 36.6 Å². The lowest BCUT2D eigenvalue weighted by Gasteiger charge is -2.21. The molecule has 3 aromatic rings. The quantitative estimate of drug-likeness (QED) is 0.449. The van der Waals surface area contributed by atoms with Gasteiger partial charge in [-0.1, -0.05) is 30.3 Å². The molecule has 31 heavy (non-hydrogen) atoms. The van der Waals surface area contributed by atoms with Crippen molar-refractivity contribution < 1.29 is 4.74 Å². The van der Waals surface area contributed by atoms with Crippen LogP contribution in [0.15, 0.2) is 72.4 Å². The average molecular weight is 419 g/mol. The summed E-state index contributed by atoms with van der Waals surface area (Å²) in [6.07, 6.45) is 8.35. The number of aromatic nitrogens is 3. The number of aliphatic imine (C=N–C) groups is 1. The van der Waals surface area contributed by atoms with Crippen molar-refractivity contribution in [2.24, 2.45) is 10.9 Å². The predicted octanol–water partition coefficient (Wildman–Crippen LogP) is 3.27. The van der Waals surface area contributed by atoms with E-state index in [4.69, 9.17) is 9.73 Å². The number of pyridine rings is 1. The van der Waals surface area contributed by atoms with Crippen LogP contribution in [-0.2, 0) is 17.9 Å². The highest BCUT2D eigenvalue weighted by Gasteiger charge is 2.25. The van der Waals surface area contributed by atoms with Gasteiger partial charge in [-0.15, -0.1) is 0 Å². The second kappa shape index (κ2) is 10.7. The van der Waals surface area contributed by atoms with E-state index in [1.807, 2.05) is 29.1 Å². The van der Waals surface area contributed by atoms with E-state index in [0.717, 1.165) is 50.0 Å². The predicted molar refractivity (Wildman–Crippen MR) is 122 cm³/mol. The van der Waals surface area contributed by atoms with E-state index >= 15 is 0 Å². The number of guanidine groups is 1. The zero-order valence-corrected chi connectivity index (χ0v) is 18.0. The fourth-order valence-corrected chi connectivity index (χ4v) is 3.77. The van der Waals surface area contributed by atoms with Crippen LogP contribution in [0.3, 0.4) is 0 Å². The SMILES string of the molecule is CCNC(=NCc1ccnc(-n2ccnc2)c1)N1CCC(COCc2ccccc2)C1. The van der Waals surface area contributed by atoms with Gasteiger partial charge >= 0.3 is 0 Å². The van der Waals surface area contributed by atoms with Crippen molar-refractivity contribution in [3.63, 3.8) is 0 Å². The molecule has 3 heterocycles. The molecular formula is C24H30N6O. The Morgan fingerprint density at radius 3 is 2.90 bits per heavy atom. The van der Waals surface area contributed by atoms with Gasteiger partial charge in [0, 0.05) is 44.1 Å². The van der Waals surface area contributed by atoms with E-state index in [9.17, 15) is 0 Å². The molecule has 7 nitrogen and oxygen atoms in total. The second-order valence-electron chi connectivity index (χ2n) is 7.76. The number of hydrogen-bond acceptors (Lipinski definition) is 4. The average Bonchev–Trinajstić information content (AvgIpc) is 3.50. The third kappa shape index (κ3) is 5.92. The molecule has 0 aliphatic carbocycles. The summed E-state index contributed by atoms with van der Waals surface area (Å²) in [4.78, 5) is 15.7. The van der Waals surface area contributed by atoms with Gasteiger partial charge in [0.25, 0.3) is 0 Å². The monoisotopic (exact) mass is 418 g/mol. The van der Waals surface area contributed by atoms with Gasteiger partial charge in [0.2, 0.25) is 0 Å². The van der Waals surface area contributed by atoms with E-state index in [1.165, 1.54) is 5.56 Å². The van der Waals surface area contributed by atoms with Crippen LogP contribution in [0.2, 0.25) is 0 Å². The standard InChI is InChI=1S/C24H30N6O/c1-2-26-24(28-15-21-8-10-27-23(14-21)30-13-11-25-19-30)29-12-9-22(16-29)18-31-17-20-6-4-3-5-7-20/h3-8,10-11,13-14,19,22H,2,9,12,15-18H2,1H3,(H,26,28). The Labute approximate surface area is 183 Å². The van der Waals surface area contributed by atoms with E-state index in [2.05, 4.69) is 57.4 Å². The van der Waals surface area contributed by atoms with Gasteiger partial charge in [-0.25, -0.2) is 15.0 Å². The zero-order chi connectivity index (χ0) is 21.3. The Morgan fingerprint density at radius 2 is 2.10 bits per heavy atom. The number of hydrogen-bond donors (Lipinski definition) is 1. The number of imidazole rings is 1. The smallest absolute Gasteiger partial charge is 0.194 e. The molecule has 2 aromatic heterocycles. The minimum atomic E-state index is 0.529. The molecule has 1 unspecified atom stereocenters. The first-order valence-electron chi connectivity index (χ1n) is 10.9. The summed E-state index contributed by atoms with van der Waals surface area (Å²) in [5, 5.41) is 3.44. The number of rotatable bonds is 8. The number of likely N-dealkylation sites (tertiary alicyclic amines) is 1. The highest BCUT2D eigenvalue weighted by Crippen LogP contribution is 2.18. The van der Waals surface area contributed by atoms with Gasteiger partial charge in [0.1, 0.15) is 12.1 Å². The molecule has 1 aromatic carbocycles. The summed E-state index contributed by atoms with van der Waals surface area (Å²) in [5.41, 5.74) is 2.34. The first-order chi connectivity index (χ1) is 15.3. The normalized spacial score (nSPS) is 16.6. The summed E-state index contributed by atoms with van der Waals surface area (Å²) < 4.78 is 7.87. The van der Waals surface area contributed by atoms with Crippen LogP contribution in [0.25, 0.3) is 5.82 Å². The molecule has 4 rings (SSSR count). The van der Waals surface area contributed by atoms with E-state index < -0.39 is 0 Å². The number of benzene rings is 1. The molecule has 7 heteroatoms. The van der Waals surface area contributed by atoms with E-state index in [1.54, 1.807) is 12.5 Å². The number of ether oxygens (including phenoxy) is 1. The van der Waals surface area contributed by atoms with Crippen LogP contribution in [-0.4, -0.2) is 51.6 Å². The topological polar surface area (TPSA) is 67.6 Å². The molecule has 0 saturated carbocycles. The molecule has 1 atom stereocenters. The third-order valence-electron chi connectivity index (χ3n) is 5.38. The van der Waals surface area contributed by atoms with Crippen molar-refractivity contribution in [3.05, 3.63) is 78.5 Å². The lowest BCUT2D eigenvalue weighted by Crippen LogP contribution is -2.40. The summed E-state index contributed by atoms with van der Waals surface area (Å²) in [5.74, 6) is 2.35. The number of nitrogens with one attached hydrogen (secondary N) is 1. The Morgan fingerprint density at radius 1 is 1.19 bits per heavy atom. The largest absolute Gasteiger partial charge is 0.376 e. The Bertz CT molecular complexity index is 957. The van der Waals surface area contributed by atoms with Crippen LogP contribution in [0.4, 0.5) is 0 Å². The lowest BCUT2D eigenvalue weighted by molar-refractivity contribution is 0.0906. The van der Waals surface area contributed by atoms with Crippen molar-refractivity contribution in [1.82, 2.24) is 24.8 Å².